The molecule has 1 N–H and O–H groups in total. The van der Waals surface area contributed by atoms with Gasteiger partial charge in [0.1, 0.15) is 0 Å². The molecule has 4 heterocycles. The van der Waals surface area contributed by atoms with Crippen molar-refractivity contribution in [3.05, 3.63) is 75.9 Å². The van der Waals surface area contributed by atoms with Crippen LogP contribution < -0.4 is 0 Å². The van der Waals surface area contributed by atoms with E-state index in [1.807, 2.05) is 23.1 Å². The molecule has 0 spiro atoms. The Morgan fingerprint density at radius 3 is 3.00 bits per heavy atom. The molecule has 136 valence electrons. The summed E-state index contributed by atoms with van der Waals surface area (Å²) in [7, 11) is 0. The number of H-pyrrole nitrogens is 1. The summed E-state index contributed by atoms with van der Waals surface area (Å²) in [6.45, 7) is 3.46. The van der Waals surface area contributed by atoms with Crippen LogP contribution >= 0.6 is 15.9 Å². The fraction of sp³-hybridized carbons (Fsp3) is 0.250. The van der Waals surface area contributed by atoms with E-state index in [1.165, 1.54) is 22.2 Å². The highest BCUT2D eigenvalue weighted by Gasteiger charge is 2.22. The number of benzene rings is 1. The molecule has 0 amide bonds. The molecule has 0 aliphatic carbocycles. The van der Waals surface area contributed by atoms with Gasteiger partial charge < -0.3 is 4.98 Å². The van der Waals surface area contributed by atoms with Crippen LogP contribution in [0.4, 0.5) is 0 Å². The largest absolute Gasteiger partial charge is 0.357 e. The summed E-state index contributed by atoms with van der Waals surface area (Å²) in [4.78, 5) is 10.2. The van der Waals surface area contributed by atoms with Crippen molar-refractivity contribution in [3.8, 4) is 0 Å². The number of nitrogens with one attached hydrogen (secondary N) is 1. The molecule has 7 heteroatoms. The minimum absolute atomic E-state index is 0.696. The second kappa shape index (κ2) is 6.90. The highest BCUT2D eigenvalue weighted by Crippen LogP contribution is 2.32. The minimum Gasteiger partial charge on any atom is -0.357 e. The molecule has 0 bridgehead atoms. The Bertz CT molecular complexity index is 1080. The van der Waals surface area contributed by atoms with Crippen LogP contribution in [0, 0.1) is 0 Å². The number of hydrogen-bond donors (Lipinski definition) is 1. The van der Waals surface area contributed by atoms with Crippen molar-refractivity contribution in [1.29, 1.82) is 0 Å². The lowest BCUT2D eigenvalue weighted by molar-refractivity contribution is 0.242. The Balaban J connectivity index is 1.32. The summed E-state index contributed by atoms with van der Waals surface area (Å²) in [5.74, 6) is 0. The number of pyridine rings is 1. The Hall–Kier alpha value is -2.51. The second-order valence-electron chi connectivity index (χ2n) is 6.97. The predicted molar refractivity (Wildman–Crippen MR) is 107 cm³/mol. The summed E-state index contributed by atoms with van der Waals surface area (Å²) >= 11 is 3.65. The van der Waals surface area contributed by atoms with Gasteiger partial charge in [-0.05, 0) is 39.2 Å². The van der Waals surface area contributed by atoms with Gasteiger partial charge in [-0.3, -0.25) is 9.88 Å². The number of fused-ring (bicyclic) bond motifs is 3. The fourth-order valence-corrected chi connectivity index (χ4v) is 4.25. The summed E-state index contributed by atoms with van der Waals surface area (Å²) < 4.78 is 3.00. The maximum absolute atomic E-state index is 4.36. The molecule has 0 fully saturated rings. The Kier molecular flexibility index (Phi) is 4.26. The van der Waals surface area contributed by atoms with E-state index < -0.39 is 0 Å². The first-order valence-electron chi connectivity index (χ1n) is 9.04. The Labute approximate surface area is 165 Å². The first kappa shape index (κ1) is 16.6. The van der Waals surface area contributed by atoms with E-state index in [0.29, 0.717) is 6.54 Å². The van der Waals surface area contributed by atoms with Gasteiger partial charge in [0.2, 0.25) is 0 Å². The number of rotatable bonds is 4. The topological polar surface area (TPSA) is 62.6 Å². The lowest BCUT2D eigenvalue weighted by atomic mass is 10.0. The van der Waals surface area contributed by atoms with E-state index in [-0.39, 0.29) is 0 Å². The van der Waals surface area contributed by atoms with Gasteiger partial charge in [-0.25, -0.2) is 4.68 Å². The molecule has 0 saturated carbocycles. The van der Waals surface area contributed by atoms with Crippen LogP contribution in [-0.4, -0.2) is 36.4 Å². The molecule has 1 aromatic carbocycles. The van der Waals surface area contributed by atoms with Crippen LogP contribution in [0.1, 0.15) is 22.5 Å². The van der Waals surface area contributed by atoms with Crippen molar-refractivity contribution >= 4 is 26.8 Å². The van der Waals surface area contributed by atoms with Crippen LogP contribution in [0.25, 0.3) is 10.9 Å². The van der Waals surface area contributed by atoms with Gasteiger partial charge in [0.15, 0.2) is 0 Å². The number of halogens is 1. The maximum Gasteiger partial charge on any atom is 0.0967 e. The SMILES string of the molecule is Brc1cccc2c3c([nH]c12)CCN(Cc1cn(Cc2cccnc2)nn1)C3. The third kappa shape index (κ3) is 3.28. The third-order valence-electron chi connectivity index (χ3n) is 5.08. The van der Waals surface area contributed by atoms with Gasteiger partial charge >= 0.3 is 0 Å². The molecule has 0 atom stereocenters. The normalized spacial score (nSPS) is 14.6. The Morgan fingerprint density at radius 1 is 1.15 bits per heavy atom. The summed E-state index contributed by atoms with van der Waals surface area (Å²) in [5.41, 5.74) is 6.09. The van der Waals surface area contributed by atoms with E-state index in [1.54, 1.807) is 6.20 Å². The minimum atomic E-state index is 0.696. The summed E-state index contributed by atoms with van der Waals surface area (Å²) in [5, 5.41) is 9.94. The van der Waals surface area contributed by atoms with Crippen molar-refractivity contribution in [2.45, 2.75) is 26.1 Å². The molecule has 0 radical (unpaired) electrons. The van der Waals surface area contributed by atoms with Crippen molar-refractivity contribution in [3.63, 3.8) is 0 Å². The second-order valence-corrected chi connectivity index (χ2v) is 7.83. The molecular formula is C20H19BrN6. The maximum atomic E-state index is 4.36. The average Bonchev–Trinajstić information content (AvgIpc) is 3.28. The van der Waals surface area contributed by atoms with Gasteiger partial charge in [0, 0.05) is 54.0 Å². The molecule has 0 saturated heterocycles. The number of hydrogen-bond acceptors (Lipinski definition) is 4. The van der Waals surface area contributed by atoms with Gasteiger partial charge in [-0.2, -0.15) is 0 Å². The first-order valence-corrected chi connectivity index (χ1v) is 9.84. The van der Waals surface area contributed by atoms with E-state index in [2.05, 4.69) is 65.4 Å². The fourth-order valence-electron chi connectivity index (χ4n) is 3.79. The van der Waals surface area contributed by atoms with Crippen LogP contribution in [0.5, 0.6) is 0 Å². The van der Waals surface area contributed by atoms with E-state index in [9.17, 15) is 0 Å². The first-order chi connectivity index (χ1) is 13.3. The van der Waals surface area contributed by atoms with E-state index in [4.69, 9.17) is 0 Å². The number of aromatic amines is 1. The standard InChI is InChI=1S/C20H19BrN6/c21-18-5-1-4-16-17-13-26(8-6-19(17)23-20(16)18)11-15-12-27(25-24-15)10-14-3-2-7-22-9-14/h1-5,7,9,12,23H,6,8,10-11,13H2. The van der Waals surface area contributed by atoms with E-state index in [0.717, 1.165) is 41.8 Å². The van der Waals surface area contributed by atoms with Crippen molar-refractivity contribution in [2.24, 2.45) is 0 Å². The van der Waals surface area contributed by atoms with Crippen molar-refractivity contribution in [2.75, 3.05) is 6.54 Å². The molecular weight excluding hydrogens is 404 g/mol. The van der Waals surface area contributed by atoms with Gasteiger partial charge in [-0.1, -0.05) is 23.4 Å². The molecule has 27 heavy (non-hydrogen) atoms. The van der Waals surface area contributed by atoms with Gasteiger partial charge in [0.25, 0.3) is 0 Å². The Morgan fingerprint density at radius 2 is 2.11 bits per heavy atom. The average molecular weight is 423 g/mol. The molecule has 4 aromatic rings. The summed E-state index contributed by atoms with van der Waals surface area (Å²) in [6, 6.07) is 10.4. The number of para-hydroxylation sites is 1. The molecule has 1 aliphatic heterocycles. The molecule has 6 nitrogen and oxygen atoms in total. The van der Waals surface area contributed by atoms with E-state index >= 15 is 0 Å². The molecule has 1 aliphatic rings. The smallest absolute Gasteiger partial charge is 0.0967 e. The highest BCUT2D eigenvalue weighted by molar-refractivity contribution is 9.10. The number of nitrogens with zero attached hydrogens (tertiary/aromatic N) is 5. The van der Waals surface area contributed by atoms with Crippen molar-refractivity contribution < 1.29 is 0 Å². The van der Waals surface area contributed by atoms with Crippen molar-refractivity contribution in [1.82, 2.24) is 29.9 Å². The highest BCUT2D eigenvalue weighted by atomic mass is 79.9. The monoisotopic (exact) mass is 422 g/mol. The summed E-state index contributed by atoms with van der Waals surface area (Å²) in [6.07, 6.45) is 6.71. The quantitative estimate of drug-likeness (QED) is 0.546. The molecule has 5 rings (SSSR count). The zero-order valence-electron chi connectivity index (χ0n) is 14.8. The van der Waals surface area contributed by atoms with Gasteiger partial charge in [0.05, 0.1) is 24.0 Å². The number of aromatic nitrogens is 5. The zero-order chi connectivity index (χ0) is 18.2. The van der Waals surface area contributed by atoms with Crippen LogP contribution in [0.3, 0.4) is 0 Å². The van der Waals surface area contributed by atoms with Crippen LogP contribution in [-0.2, 0) is 26.1 Å². The lowest BCUT2D eigenvalue weighted by Gasteiger charge is -2.26. The molecule has 0 unspecified atom stereocenters. The van der Waals surface area contributed by atoms with Crippen LogP contribution in [0.15, 0.2) is 53.4 Å². The lowest BCUT2D eigenvalue weighted by Crippen LogP contribution is -2.29. The third-order valence-corrected chi connectivity index (χ3v) is 5.74. The van der Waals surface area contributed by atoms with Gasteiger partial charge in [-0.15, -0.1) is 5.10 Å². The molecule has 3 aromatic heterocycles. The predicted octanol–water partition coefficient (Wildman–Crippen LogP) is 3.52. The zero-order valence-corrected chi connectivity index (χ0v) is 16.4. The van der Waals surface area contributed by atoms with Crippen LogP contribution in [0.2, 0.25) is 0 Å².